The maximum absolute atomic E-state index is 14.4. The number of aryl methyl sites for hydroxylation is 1. The number of anilines is 1. The minimum Gasteiger partial charge on any atom is -0.389 e. The van der Waals surface area contributed by atoms with Crippen molar-refractivity contribution in [3.05, 3.63) is 18.1 Å². The lowest BCUT2D eigenvalue weighted by Crippen LogP contribution is -2.22. The van der Waals surface area contributed by atoms with Crippen LogP contribution in [0.2, 0.25) is 0 Å². The maximum atomic E-state index is 14.4. The van der Waals surface area contributed by atoms with Gasteiger partial charge in [-0.3, -0.25) is 4.79 Å². The molecule has 0 saturated heterocycles. The van der Waals surface area contributed by atoms with E-state index in [0.29, 0.717) is 12.8 Å². The first-order valence-electron chi connectivity index (χ1n) is 7.12. The summed E-state index contributed by atoms with van der Waals surface area (Å²) in [5, 5.41) is 18.8. The Hall–Kier alpha value is -3.55. The van der Waals surface area contributed by atoms with Crippen molar-refractivity contribution in [3.63, 3.8) is 0 Å². The summed E-state index contributed by atoms with van der Waals surface area (Å²) in [7, 11) is 1.43. The summed E-state index contributed by atoms with van der Waals surface area (Å²) in [5.41, 5.74) is 3.66. The van der Waals surface area contributed by atoms with Crippen molar-refractivity contribution in [3.8, 4) is 23.3 Å². The molecule has 0 bridgehead atoms. The van der Waals surface area contributed by atoms with Crippen molar-refractivity contribution in [2.24, 2.45) is 18.2 Å². The summed E-state index contributed by atoms with van der Waals surface area (Å²) in [4.78, 5) is 26.8. The van der Waals surface area contributed by atoms with Crippen LogP contribution in [0, 0.1) is 22.6 Å². The van der Waals surface area contributed by atoms with Crippen LogP contribution < -0.4 is 15.8 Å². The number of carbonyl (C=O) groups excluding carboxylic acids is 2. The first kappa shape index (κ1) is 16.3. The van der Waals surface area contributed by atoms with E-state index in [1.54, 1.807) is 0 Å². The van der Waals surface area contributed by atoms with Crippen LogP contribution in [0.4, 0.5) is 14.9 Å². The molecule has 11 heteroatoms. The fraction of sp³-hybridized carbons (Fsp3) is 0.286. The molecule has 1 saturated carbocycles. The first-order chi connectivity index (χ1) is 11.9. The molecule has 0 atom stereocenters. The fourth-order valence-electron chi connectivity index (χ4n) is 2.15. The van der Waals surface area contributed by atoms with Gasteiger partial charge in [-0.05, 0) is 12.8 Å². The number of primary amides is 1. The SMILES string of the molecule is Cn1nnc(-c2ncc(NC(=O)C3(C#N)CC3)cc2F)c1OC(N)=O. The highest BCUT2D eigenvalue weighted by molar-refractivity contribution is 5.99. The number of nitriles is 1. The maximum Gasteiger partial charge on any atom is 0.411 e. The average Bonchev–Trinajstić information content (AvgIpc) is 3.29. The highest BCUT2D eigenvalue weighted by atomic mass is 19.1. The second-order valence-corrected chi connectivity index (χ2v) is 5.49. The molecular formula is C14H12FN7O3. The summed E-state index contributed by atoms with van der Waals surface area (Å²) in [6, 6.07) is 2.97. The van der Waals surface area contributed by atoms with Gasteiger partial charge >= 0.3 is 6.09 Å². The Balaban J connectivity index is 1.87. The van der Waals surface area contributed by atoms with E-state index in [2.05, 4.69) is 20.6 Å². The van der Waals surface area contributed by atoms with Gasteiger partial charge in [-0.25, -0.2) is 18.9 Å². The molecule has 128 valence electrons. The smallest absolute Gasteiger partial charge is 0.389 e. The predicted molar refractivity (Wildman–Crippen MR) is 80.3 cm³/mol. The summed E-state index contributed by atoms with van der Waals surface area (Å²) in [6.07, 6.45) is 1.03. The Labute approximate surface area is 140 Å². The van der Waals surface area contributed by atoms with Crippen molar-refractivity contribution in [2.75, 3.05) is 5.32 Å². The van der Waals surface area contributed by atoms with Gasteiger partial charge in [0, 0.05) is 13.1 Å². The number of nitrogens with two attached hydrogens (primary N) is 1. The molecular weight excluding hydrogens is 333 g/mol. The largest absolute Gasteiger partial charge is 0.411 e. The molecule has 0 radical (unpaired) electrons. The van der Waals surface area contributed by atoms with Gasteiger partial charge in [0.2, 0.25) is 5.91 Å². The molecule has 3 N–H and O–H groups in total. The number of hydrogen-bond acceptors (Lipinski definition) is 7. The van der Waals surface area contributed by atoms with E-state index in [0.717, 1.165) is 10.7 Å². The Bertz CT molecular complexity index is 914. The van der Waals surface area contributed by atoms with E-state index in [9.17, 15) is 14.0 Å². The van der Waals surface area contributed by atoms with Crippen LogP contribution in [0.1, 0.15) is 12.8 Å². The van der Waals surface area contributed by atoms with E-state index in [4.69, 9.17) is 15.7 Å². The first-order valence-corrected chi connectivity index (χ1v) is 7.12. The predicted octanol–water partition coefficient (Wildman–Crippen LogP) is 0.716. The molecule has 0 aliphatic heterocycles. The van der Waals surface area contributed by atoms with Crippen LogP contribution in [-0.4, -0.2) is 32.0 Å². The molecule has 1 aliphatic carbocycles. The Morgan fingerprint density at radius 2 is 2.20 bits per heavy atom. The number of amides is 2. The zero-order chi connectivity index (χ0) is 18.2. The highest BCUT2D eigenvalue weighted by Gasteiger charge is 2.50. The normalized spacial score (nSPS) is 14.4. The van der Waals surface area contributed by atoms with Crippen LogP contribution in [0.15, 0.2) is 12.3 Å². The minimum absolute atomic E-state index is 0.0917. The lowest BCUT2D eigenvalue weighted by molar-refractivity contribution is -0.119. The molecule has 2 aromatic rings. The number of carbonyl (C=O) groups is 2. The van der Waals surface area contributed by atoms with E-state index < -0.39 is 23.2 Å². The van der Waals surface area contributed by atoms with Crippen molar-refractivity contribution < 1.29 is 18.7 Å². The summed E-state index contributed by atoms with van der Waals surface area (Å²) < 4.78 is 20.2. The van der Waals surface area contributed by atoms with E-state index in [1.807, 2.05) is 6.07 Å². The third kappa shape index (κ3) is 2.97. The van der Waals surface area contributed by atoms with Crippen molar-refractivity contribution in [1.82, 2.24) is 20.0 Å². The Kier molecular flexibility index (Phi) is 3.80. The number of rotatable bonds is 4. The zero-order valence-electron chi connectivity index (χ0n) is 13.0. The molecule has 1 fully saturated rings. The molecule has 0 aromatic carbocycles. The van der Waals surface area contributed by atoms with Crippen LogP contribution >= 0.6 is 0 Å². The van der Waals surface area contributed by atoms with Crippen molar-refractivity contribution >= 4 is 17.7 Å². The molecule has 25 heavy (non-hydrogen) atoms. The number of pyridine rings is 1. The number of nitrogens with one attached hydrogen (secondary N) is 1. The summed E-state index contributed by atoms with van der Waals surface area (Å²) in [5.74, 6) is -1.49. The van der Waals surface area contributed by atoms with Gasteiger partial charge in [-0.1, -0.05) is 5.21 Å². The van der Waals surface area contributed by atoms with E-state index in [1.165, 1.54) is 13.2 Å². The molecule has 3 rings (SSSR count). The number of halogens is 1. The number of hydrogen-bond donors (Lipinski definition) is 2. The Morgan fingerprint density at radius 1 is 1.48 bits per heavy atom. The molecule has 2 aromatic heterocycles. The molecule has 0 spiro atoms. The highest BCUT2D eigenvalue weighted by Crippen LogP contribution is 2.45. The topological polar surface area (TPSA) is 149 Å². The van der Waals surface area contributed by atoms with Crippen LogP contribution in [0.25, 0.3) is 11.4 Å². The van der Waals surface area contributed by atoms with Gasteiger partial charge in [0.15, 0.2) is 11.5 Å². The van der Waals surface area contributed by atoms with Crippen LogP contribution in [-0.2, 0) is 11.8 Å². The van der Waals surface area contributed by atoms with Crippen LogP contribution in [0.3, 0.4) is 0 Å². The van der Waals surface area contributed by atoms with Gasteiger partial charge in [-0.2, -0.15) is 5.26 Å². The summed E-state index contributed by atoms with van der Waals surface area (Å²) in [6.45, 7) is 0. The minimum atomic E-state index is -1.11. The van der Waals surface area contributed by atoms with Gasteiger partial charge in [0.05, 0.1) is 18.0 Å². The number of ether oxygens (including phenoxy) is 1. The van der Waals surface area contributed by atoms with E-state index in [-0.39, 0.29) is 23.0 Å². The second-order valence-electron chi connectivity index (χ2n) is 5.49. The third-order valence-electron chi connectivity index (χ3n) is 3.69. The quantitative estimate of drug-likeness (QED) is 0.829. The molecule has 10 nitrogen and oxygen atoms in total. The molecule has 2 amide bonds. The fourth-order valence-corrected chi connectivity index (χ4v) is 2.15. The number of aromatic nitrogens is 4. The van der Waals surface area contributed by atoms with Crippen molar-refractivity contribution in [2.45, 2.75) is 12.8 Å². The number of nitrogens with zero attached hydrogens (tertiary/aromatic N) is 5. The Morgan fingerprint density at radius 3 is 2.76 bits per heavy atom. The second kappa shape index (κ2) is 5.82. The van der Waals surface area contributed by atoms with Gasteiger partial charge in [0.25, 0.3) is 5.88 Å². The van der Waals surface area contributed by atoms with Gasteiger partial charge in [-0.15, -0.1) is 5.10 Å². The summed E-state index contributed by atoms with van der Waals surface area (Å²) >= 11 is 0. The third-order valence-corrected chi connectivity index (χ3v) is 3.69. The standard InChI is InChI=1S/C14H12FN7O3/c1-22-11(25-13(17)24)10(20-21-22)9-8(15)4-7(5-18-9)19-12(23)14(6-16)2-3-14/h4-5H,2-3H2,1H3,(H2,17,24)(H,19,23). The van der Waals surface area contributed by atoms with Gasteiger partial charge < -0.3 is 15.8 Å². The van der Waals surface area contributed by atoms with Gasteiger partial charge in [0.1, 0.15) is 11.1 Å². The average molecular weight is 345 g/mol. The molecule has 2 heterocycles. The van der Waals surface area contributed by atoms with E-state index >= 15 is 0 Å². The monoisotopic (exact) mass is 345 g/mol. The van der Waals surface area contributed by atoms with Crippen molar-refractivity contribution in [1.29, 1.82) is 5.26 Å². The molecule has 0 unspecified atom stereocenters. The lowest BCUT2D eigenvalue weighted by Gasteiger charge is -2.09. The molecule has 1 aliphatic rings. The zero-order valence-corrected chi connectivity index (χ0v) is 13.0. The lowest BCUT2D eigenvalue weighted by atomic mass is 10.1. The van der Waals surface area contributed by atoms with Crippen LogP contribution in [0.5, 0.6) is 5.88 Å².